The van der Waals surface area contributed by atoms with Crippen LogP contribution >= 0.6 is 22.9 Å². The van der Waals surface area contributed by atoms with Gasteiger partial charge in [0.1, 0.15) is 0 Å². The van der Waals surface area contributed by atoms with Crippen molar-refractivity contribution in [2.24, 2.45) is 0 Å². The highest BCUT2D eigenvalue weighted by atomic mass is 35.5. The fourth-order valence-electron chi connectivity index (χ4n) is 2.35. The summed E-state index contributed by atoms with van der Waals surface area (Å²) < 4.78 is 0. The number of hydrogen-bond donors (Lipinski definition) is 2. The number of carbonyl (C=O) groups is 1. The van der Waals surface area contributed by atoms with E-state index in [1.807, 2.05) is 55.5 Å². The quantitative estimate of drug-likeness (QED) is 0.657. The van der Waals surface area contributed by atoms with Crippen molar-refractivity contribution in [2.75, 3.05) is 17.2 Å². The first-order chi connectivity index (χ1) is 12.1. The van der Waals surface area contributed by atoms with E-state index in [0.29, 0.717) is 5.13 Å². The minimum absolute atomic E-state index is 0.117. The van der Waals surface area contributed by atoms with Gasteiger partial charge in [-0.2, -0.15) is 0 Å². The number of benzene rings is 2. The highest BCUT2D eigenvalue weighted by Gasteiger charge is 2.07. The second-order valence-corrected chi connectivity index (χ2v) is 7.26. The number of carbonyl (C=O) groups excluding carboxylic acids is 1. The van der Waals surface area contributed by atoms with Crippen LogP contribution in [0.15, 0.2) is 54.7 Å². The first-order valence-corrected chi connectivity index (χ1v) is 9.07. The Morgan fingerprint density at radius 3 is 2.76 bits per heavy atom. The van der Waals surface area contributed by atoms with Gasteiger partial charge in [0.2, 0.25) is 5.91 Å². The van der Waals surface area contributed by atoms with Crippen molar-refractivity contribution in [3.05, 3.63) is 75.8 Å². The molecule has 0 fully saturated rings. The van der Waals surface area contributed by atoms with E-state index in [1.54, 1.807) is 6.20 Å². The first-order valence-electron chi connectivity index (χ1n) is 7.88. The maximum atomic E-state index is 12.1. The summed E-state index contributed by atoms with van der Waals surface area (Å²) in [6.07, 6.45) is 2.56. The van der Waals surface area contributed by atoms with Gasteiger partial charge in [0.25, 0.3) is 0 Å². The smallest absolute Gasteiger partial charge is 0.245 e. The summed E-state index contributed by atoms with van der Waals surface area (Å²) in [7, 11) is 0. The molecule has 0 unspecified atom stereocenters. The molecule has 3 rings (SSSR count). The molecule has 0 atom stereocenters. The van der Waals surface area contributed by atoms with Crippen LogP contribution in [0.2, 0.25) is 5.02 Å². The first kappa shape index (κ1) is 17.5. The lowest BCUT2D eigenvalue weighted by molar-refractivity contribution is -0.114. The topological polar surface area (TPSA) is 54.0 Å². The van der Waals surface area contributed by atoms with E-state index in [1.165, 1.54) is 11.3 Å². The molecular formula is C19H18ClN3OS. The van der Waals surface area contributed by atoms with Crippen molar-refractivity contribution in [1.29, 1.82) is 0 Å². The zero-order chi connectivity index (χ0) is 17.6. The average Bonchev–Trinajstić information content (AvgIpc) is 3.02. The van der Waals surface area contributed by atoms with E-state index in [0.717, 1.165) is 33.1 Å². The Morgan fingerprint density at radius 2 is 2.00 bits per heavy atom. The number of amides is 1. The number of aromatic nitrogens is 1. The third-order valence-electron chi connectivity index (χ3n) is 3.56. The Labute approximate surface area is 155 Å². The predicted octanol–water partition coefficient (Wildman–Crippen LogP) is 4.75. The molecular weight excluding hydrogens is 354 g/mol. The molecule has 6 heteroatoms. The van der Waals surface area contributed by atoms with E-state index < -0.39 is 0 Å². The van der Waals surface area contributed by atoms with Crippen molar-refractivity contribution in [3.8, 4) is 0 Å². The highest BCUT2D eigenvalue weighted by Crippen LogP contribution is 2.22. The van der Waals surface area contributed by atoms with Gasteiger partial charge < -0.3 is 10.6 Å². The van der Waals surface area contributed by atoms with Gasteiger partial charge in [-0.05, 0) is 42.3 Å². The normalized spacial score (nSPS) is 10.5. The van der Waals surface area contributed by atoms with Crippen LogP contribution in [-0.4, -0.2) is 17.4 Å². The number of nitrogens with one attached hydrogen (secondary N) is 2. The summed E-state index contributed by atoms with van der Waals surface area (Å²) in [5.74, 6) is -0.117. The van der Waals surface area contributed by atoms with Crippen molar-refractivity contribution in [1.82, 2.24) is 4.98 Å². The molecule has 25 heavy (non-hydrogen) atoms. The fraction of sp³-hybridized carbons (Fsp3) is 0.158. The molecule has 1 heterocycles. The largest absolute Gasteiger partial charge is 0.376 e. The number of nitrogens with zero attached hydrogens (tertiary/aromatic N) is 1. The highest BCUT2D eigenvalue weighted by molar-refractivity contribution is 7.15. The Kier molecular flexibility index (Phi) is 5.68. The second-order valence-electron chi connectivity index (χ2n) is 5.71. The molecule has 2 N–H and O–H groups in total. The number of rotatable bonds is 6. The maximum absolute atomic E-state index is 12.1. The molecule has 1 aromatic heterocycles. The monoisotopic (exact) mass is 371 g/mol. The number of aryl methyl sites for hydroxylation is 1. The van der Waals surface area contributed by atoms with Crippen molar-refractivity contribution in [2.45, 2.75) is 13.3 Å². The molecule has 0 aliphatic heterocycles. The van der Waals surface area contributed by atoms with Gasteiger partial charge in [-0.3, -0.25) is 4.79 Å². The molecule has 0 aliphatic carbocycles. The number of anilines is 2. The summed E-state index contributed by atoms with van der Waals surface area (Å²) >= 11 is 7.38. The summed E-state index contributed by atoms with van der Waals surface area (Å²) in [5.41, 5.74) is 3.24. The van der Waals surface area contributed by atoms with Crippen LogP contribution in [0.5, 0.6) is 0 Å². The SMILES string of the molecule is Cc1cccc(NCC(=O)Nc2ncc(Cc3ccc(Cl)cc3)s2)c1. The lowest BCUT2D eigenvalue weighted by Gasteiger charge is -2.06. The lowest BCUT2D eigenvalue weighted by atomic mass is 10.1. The molecule has 0 saturated heterocycles. The summed E-state index contributed by atoms with van der Waals surface area (Å²) in [6, 6.07) is 15.6. The average molecular weight is 372 g/mol. The molecule has 3 aromatic rings. The van der Waals surface area contributed by atoms with E-state index in [4.69, 9.17) is 11.6 Å². The molecule has 0 spiro atoms. The van der Waals surface area contributed by atoms with Crippen molar-refractivity contribution in [3.63, 3.8) is 0 Å². The van der Waals surface area contributed by atoms with Crippen molar-refractivity contribution < 1.29 is 4.79 Å². The Hall–Kier alpha value is -2.37. The number of thiazole rings is 1. The summed E-state index contributed by atoms with van der Waals surface area (Å²) in [6.45, 7) is 2.22. The maximum Gasteiger partial charge on any atom is 0.245 e. The fourth-order valence-corrected chi connectivity index (χ4v) is 3.34. The predicted molar refractivity (Wildman–Crippen MR) is 105 cm³/mol. The summed E-state index contributed by atoms with van der Waals surface area (Å²) in [4.78, 5) is 17.4. The molecule has 4 nitrogen and oxygen atoms in total. The van der Waals surface area contributed by atoms with Crippen molar-refractivity contribution >= 4 is 39.7 Å². The zero-order valence-corrected chi connectivity index (χ0v) is 15.3. The molecule has 1 amide bonds. The molecule has 2 aromatic carbocycles. The van der Waals surface area contributed by atoms with Gasteiger partial charge in [-0.25, -0.2) is 4.98 Å². The van der Waals surface area contributed by atoms with Crippen LogP contribution in [0.4, 0.5) is 10.8 Å². The van der Waals surface area contributed by atoms with Gasteiger partial charge in [-0.1, -0.05) is 35.9 Å². The van der Waals surface area contributed by atoms with Crippen LogP contribution < -0.4 is 10.6 Å². The third-order valence-corrected chi connectivity index (χ3v) is 4.73. The third kappa shape index (κ3) is 5.31. The minimum Gasteiger partial charge on any atom is -0.376 e. The Morgan fingerprint density at radius 1 is 1.20 bits per heavy atom. The second kappa shape index (κ2) is 8.14. The van der Waals surface area contributed by atoms with E-state index in [9.17, 15) is 4.79 Å². The minimum atomic E-state index is -0.117. The van der Waals surface area contributed by atoms with E-state index >= 15 is 0 Å². The van der Waals surface area contributed by atoms with Gasteiger partial charge >= 0.3 is 0 Å². The van der Waals surface area contributed by atoms with Gasteiger partial charge in [0, 0.05) is 28.2 Å². The molecule has 0 aliphatic rings. The number of hydrogen-bond acceptors (Lipinski definition) is 4. The molecule has 128 valence electrons. The Bertz CT molecular complexity index is 861. The van der Waals surface area contributed by atoms with Crippen LogP contribution in [0, 0.1) is 6.92 Å². The molecule has 0 bridgehead atoms. The molecule has 0 radical (unpaired) electrons. The number of halogens is 1. The standard InChI is InChI=1S/C19H18ClN3OS/c1-13-3-2-4-16(9-13)21-12-18(24)23-19-22-11-17(25-19)10-14-5-7-15(20)8-6-14/h2-9,11,21H,10,12H2,1H3,(H,22,23,24). The van der Waals surface area contributed by atoms with E-state index in [2.05, 4.69) is 15.6 Å². The van der Waals surface area contributed by atoms with Gasteiger partial charge in [0.15, 0.2) is 5.13 Å². The Balaban J connectivity index is 1.52. The van der Waals surface area contributed by atoms with Gasteiger partial charge in [0.05, 0.1) is 6.54 Å². The van der Waals surface area contributed by atoms with E-state index in [-0.39, 0.29) is 12.5 Å². The van der Waals surface area contributed by atoms with Crippen LogP contribution in [0.1, 0.15) is 16.0 Å². The van der Waals surface area contributed by atoms with Crippen LogP contribution in [-0.2, 0) is 11.2 Å². The summed E-state index contributed by atoms with van der Waals surface area (Å²) in [5, 5.41) is 7.27. The molecule has 0 saturated carbocycles. The lowest BCUT2D eigenvalue weighted by Crippen LogP contribution is -2.21. The van der Waals surface area contributed by atoms with Gasteiger partial charge in [-0.15, -0.1) is 11.3 Å². The van der Waals surface area contributed by atoms with Crippen LogP contribution in [0.25, 0.3) is 0 Å². The zero-order valence-electron chi connectivity index (χ0n) is 13.8. The van der Waals surface area contributed by atoms with Crippen LogP contribution in [0.3, 0.4) is 0 Å².